The zero-order valence-corrected chi connectivity index (χ0v) is 11.6. The Kier molecular flexibility index (Phi) is 4.83. The van der Waals surface area contributed by atoms with E-state index in [0.29, 0.717) is 16.2 Å². The van der Waals surface area contributed by atoms with E-state index in [-0.39, 0.29) is 0 Å². The Morgan fingerprint density at radius 3 is 2.67 bits per heavy atom. The van der Waals surface area contributed by atoms with E-state index in [1.54, 1.807) is 0 Å². The number of nitrogens with one attached hydrogen (secondary N) is 2. The molecular weight excluding hydrogens is 296 g/mol. The van der Waals surface area contributed by atoms with Gasteiger partial charge in [0.15, 0.2) is 5.11 Å². The standard InChI is InChI=1S/C10H12BrClN2S/c1-6(2)13-10(15)14-7-3-4-9(12)8(11)5-7/h3-6H,1-2H3,(H2,13,14,15). The number of hydrogen-bond donors (Lipinski definition) is 2. The number of anilines is 1. The predicted octanol–water partition coefficient (Wildman–Crippen LogP) is 3.80. The average Bonchev–Trinajstić information content (AvgIpc) is 2.10. The van der Waals surface area contributed by atoms with Gasteiger partial charge in [0.05, 0.1) is 5.02 Å². The van der Waals surface area contributed by atoms with Crippen LogP contribution in [0.4, 0.5) is 5.69 Å². The Morgan fingerprint density at radius 2 is 2.13 bits per heavy atom. The van der Waals surface area contributed by atoms with Crippen molar-refractivity contribution in [2.45, 2.75) is 19.9 Å². The molecule has 0 aliphatic heterocycles. The van der Waals surface area contributed by atoms with Gasteiger partial charge in [-0.25, -0.2) is 0 Å². The number of hydrogen-bond acceptors (Lipinski definition) is 1. The summed E-state index contributed by atoms with van der Waals surface area (Å²) >= 11 is 14.3. The van der Waals surface area contributed by atoms with Crippen molar-refractivity contribution in [3.05, 3.63) is 27.7 Å². The van der Waals surface area contributed by atoms with Gasteiger partial charge >= 0.3 is 0 Å². The average molecular weight is 308 g/mol. The molecule has 0 atom stereocenters. The molecule has 2 N–H and O–H groups in total. The van der Waals surface area contributed by atoms with Gasteiger partial charge in [0.1, 0.15) is 0 Å². The van der Waals surface area contributed by atoms with Crippen molar-refractivity contribution < 1.29 is 0 Å². The van der Waals surface area contributed by atoms with E-state index in [4.69, 9.17) is 23.8 Å². The summed E-state index contributed by atoms with van der Waals surface area (Å²) in [5, 5.41) is 7.46. The van der Waals surface area contributed by atoms with Gasteiger partial charge in [-0.1, -0.05) is 11.6 Å². The fraction of sp³-hybridized carbons (Fsp3) is 0.300. The van der Waals surface area contributed by atoms with Crippen LogP contribution >= 0.6 is 39.7 Å². The summed E-state index contributed by atoms with van der Waals surface area (Å²) in [5.41, 5.74) is 0.907. The molecule has 1 rings (SSSR count). The Balaban J connectivity index is 2.65. The summed E-state index contributed by atoms with van der Waals surface area (Å²) in [7, 11) is 0. The summed E-state index contributed by atoms with van der Waals surface area (Å²) in [6, 6.07) is 5.89. The van der Waals surface area contributed by atoms with Crippen LogP contribution in [-0.2, 0) is 0 Å². The van der Waals surface area contributed by atoms with E-state index in [0.717, 1.165) is 10.2 Å². The Hall–Kier alpha value is -0.320. The summed E-state index contributed by atoms with van der Waals surface area (Å²) in [5.74, 6) is 0. The molecule has 0 amide bonds. The molecular formula is C10H12BrClN2S. The van der Waals surface area contributed by atoms with Crippen LogP contribution in [0.25, 0.3) is 0 Å². The van der Waals surface area contributed by atoms with Crippen molar-refractivity contribution in [3.8, 4) is 0 Å². The SMILES string of the molecule is CC(C)NC(=S)Nc1ccc(Cl)c(Br)c1. The Bertz CT molecular complexity index is 368. The van der Waals surface area contributed by atoms with Crippen LogP contribution in [0.15, 0.2) is 22.7 Å². The highest BCUT2D eigenvalue weighted by Crippen LogP contribution is 2.25. The molecule has 0 fully saturated rings. The quantitative estimate of drug-likeness (QED) is 0.813. The first-order valence-electron chi connectivity index (χ1n) is 4.51. The van der Waals surface area contributed by atoms with Crippen LogP contribution in [0.5, 0.6) is 0 Å². The lowest BCUT2D eigenvalue weighted by atomic mass is 10.3. The predicted molar refractivity (Wildman–Crippen MR) is 73.6 cm³/mol. The molecule has 0 aromatic heterocycles. The number of thiocarbonyl (C=S) groups is 1. The van der Waals surface area contributed by atoms with Gasteiger partial charge in [-0.15, -0.1) is 0 Å². The van der Waals surface area contributed by atoms with Crippen molar-refractivity contribution in [2.24, 2.45) is 0 Å². The molecule has 0 radical (unpaired) electrons. The minimum absolute atomic E-state index is 0.320. The fourth-order valence-corrected chi connectivity index (χ4v) is 1.85. The lowest BCUT2D eigenvalue weighted by Gasteiger charge is -2.13. The molecule has 82 valence electrons. The molecule has 0 bridgehead atoms. The molecule has 0 spiro atoms. The topological polar surface area (TPSA) is 24.1 Å². The highest BCUT2D eigenvalue weighted by atomic mass is 79.9. The third kappa shape index (κ3) is 4.36. The van der Waals surface area contributed by atoms with Crippen LogP contribution in [-0.4, -0.2) is 11.2 Å². The molecule has 0 saturated heterocycles. The Morgan fingerprint density at radius 1 is 1.47 bits per heavy atom. The molecule has 5 heteroatoms. The van der Waals surface area contributed by atoms with E-state index in [2.05, 4.69) is 26.6 Å². The van der Waals surface area contributed by atoms with E-state index < -0.39 is 0 Å². The minimum Gasteiger partial charge on any atom is -0.360 e. The maximum absolute atomic E-state index is 5.88. The van der Waals surface area contributed by atoms with Gasteiger partial charge in [-0.3, -0.25) is 0 Å². The first-order valence-corrected chi connectivity index (χ1v) is 6.09. The zero-order chi connectivity index (χ0) is 11.4. The second-order valence-corrected chi connectivity index (χ2v) is 5.05. The van der Waals surface area contributed by atoms with Crippen LogP contribution < -0.4 is 10.6 Å². The fourth-order valence-electron chi connectivity index (χ4n) is 1.00. The van der Waals surface area contributed by atoms with Crippen molar-refractivity contribution >= 4 is 50.5 Å². The molecule has 1 aromatic rings. The van der Waals surface area contributed by atoms with Crippen LogP contribution in [0, 0.1) is 0 Å². The summed E-state index contributed by atoms with van der Waals surface area (Å²) in [4.78, 5) is 0. The van der Waals surface area contributed by atoms with Gasteiger partial charge in [0, 0.05) is 16.2 Å². The first-order chi connectivity index (χ1) is 6.99. The van der Waals surface area contributed by atoms with E-state index >= 15 is 0 Å². The number of halogens is 2. The molecule has 0 saturated carbocycles. The first kappa shape index (κ1) is 12.7. The summed E-state index contributed by atoms with van der Waals surface area (Å²) in [6.07, 6.45) is 0. The number of rotatable bonds is 2. The monoisotopic (exact) mass is 306 g/mol. The third-order valence-electron chi connectivity index (χ3n) is 1.60. The van der Waals surface area contributed by atoms with Crippen molar-refractivity contribution in [3.63, 3.8) is 0 Å². The molecule has 15 heavy (non-hydrogen) atoms. The van der Waals surface area contributed by atoms with Gasteiger partial charge < -0.3 is 10.6 Å². The summed E-state index contributed by atoms with van der Waals surface area (Å²) in [6.45, 7) is 4.07. The van der Waals surface area contributed by atoms with E-state index in [1.807, 2.05) is 32.0 Å². The second kappa shape index (κ2) is 5.68. The Labute approximate surface area is 109 Å². The maximum atomic E-state index is 5.88. The smallest absolute Gasteiger partial charge is 0.170 e. The van der Waals surface area contributed by atoms with Crippen molar-refractivity contribution in [1.29, 1.82) is 0 Å². The van der Waals surface area contributed by atoms with Gasteiger partial charge in [0.2, 0.25) is 0 Å². The highest BCUT2D eigenvalue weighted by molar-refractivity contribution is 9.10. The van der Waals surface area contributed by atoms with Crippen LogP contribution in [0.2, 0.25) is 5.02 Å². The van der Waals surface area contributed by atoms with Crippen molar-refractivity contribution in [1.82, 2.24) is 5.32 Å². The van der Waals surface area contributed by atoms with Crippen molar-refractivity contribution in [2.75, 3.05) is 5.32 Å². The van der Waals surface area contributed by atoms with Gasteiger partial charge in [-0.05, 0) is 60.2 Å². The lowest BCUT2D eigenvalue weighted by Crippen LogP contribution is -2.33. The summed E-state index contributed by atoms with van der Waals surface area (Å²) < 4.78 is 0.849. The molecule has 1 aromatic carbocycles. The maximum Gasteiger partial charge on any atom is 0.170 e. The minimum atomic E-state index is 0.320. The van der Waals surface area contributed by atoms with Crippen LogP contribution in [0.1, 0.15) is 13.8 Å². The third-order valence-corrected chi connectivity index (χ3v) is 3.03. The highest BCUT2D eigenvalue weighted by Gasteiger charge is 2.01. The lowest BCUT2D eigenvalue weighted by molar-refractivity contribution is 0.739. The van der Waals surface area contributed by atoms with E-state index in [1.165, 1.54) is 0 Å². The van der Waals surface area contributed by atoms with Gasteiger partial charge in [-0.2, -0.15) is 0 Å². The van der Waals surface area contributed by atoms with E-state index in [9.17, 15) is 0 Å². The van der Waals surface area contributed by atoms with Gasteiger partial charge in [0.25, 0.3) is 0 Å². The largest absolute Gasteiger partial charge is 0.360 e. The molecule has 2 nitrogen and oxygen atoms in total. The molecule has 0 unspecified atom stereocenters. The number of benzene rings is 1. The zero-order valence-electron chi connectivity index (χ0n) is 8.47. The molecule has 0 aliphatic carbocycles. The normalized spacial score (nSPS) is 10.2. The molecule has 0 heterocycles. The van der Waals surface area contributed by atoms with Crippen LogP contribution in [0.3, 0.4) is 0 Å². The molecule has 0 aliphatic rings. The second-order valence-electron chi connectivity index (χ2n) is 3.38.